The lowest BCUT2D eigenvalue weighted by molar-refractivity contribution is 0.0374. The maximum absolute atomic E-state index is 6.18. The van der Waals surface area contributed by atoms with Crippen molar-refractivity contribution in [2.45, 2.75) is 26.4 Å². The van der Waals surface area contributed by atoms with Crippen LogP contribution in [0.4, 0.5) is 17.2 Å². The summed E-state index contributed by atoms with van der Waals surface area (Å²) in [5.74, 6) is 1.56. The largest absolute Gasteiger partial charge is 0.489 e. The van der Waals surface area contributed by atoms with Crippen molar-refractivity contribution in [1.29, 1.82) is 0 Å². The molecule has 7 nitrogen and oxygen atoms in total. The molecule has 3 N–H and O–H groups in total. The highest BCUT2D eigenvalue weighted by Gasteiger charge is 2.14. The third kappa shape index (κ3) is 7.66. The van der Waals surface area contributed by atoms with Crippen LogP contribution in [0.25, 0.3) is 12.2 Å². The maximum Gasteiger partial charge on any atom is 0.224 e. The summed E-state index contributed by atoms with van der Waals surface area (Å²) in [5, 5.41) is 3.59. The van der Waals surface area contributed by atoms with E-state index in [2.05, 4.69) is 26.8 Å². The summed E-state index contributed by atoms with van der Waals surface area (Å²) < 4.78 is 11.7. The number of ether oxygens (including phenoxy) is 2. The first-order valence-electron chi connectivity index (χ1n) is 10.1. The molecule has 172 valence electrons. The summed E-state index contributed by atoms with van der Waals surface area (Å²) in [4.78, 5) is 12.1. The van der Waals surface area contributed by atoms with Gasteiger partial charge in [-0.2, -0.15) is 4.98 Å². The highest BCUT2D eigenvalue weighted by molar-refractivity contribution is 6.33. The zero-order valence-electron chi connectivity index (χ0n) is 18.6. The molecular formula is C24H25Cl2N5O2. The van der Waals surface area contributed by atoms with Gasteiger partial charge in [-0.3, -0.25) is 4.98 Å². The van der Waals surface area contributed by atoms with Gasteiger partial charge in [-0.15, -0.1) is 0 Å². The first kappa shape index (κ1) is 24.4. The molecule has 0 atom stereocenters. The highest BCUT2D eigenvalue weighted by Crippen LogP contribution is 2.29. The number of pyridine rings is 1. The lowest BCUT2D eigenvalue weighted by Gasteiger charge is -2.23. The van der Waals surface area contributed by atoms with E-state index in [4.69, 9.17) is 38.4 Å². The minimum Gasteiger partial charge on any atom is -0.489 e. The summed E-state index contributed by atoms with van der Waals surface area (Å²) in [6, 6.07) is 7.40. The molecule has 0 saturated heterocycles. The standard InChI is InChI=1S/C24H25Cl2N5O2/c1-15(33-24(2,3)4)14-32-21-8-7-19(30-22-20(25)13-29-23(26)31-22)10-17(21)6-5-16-9-18(27)12-28-11-16/h5-13H,1,14,27H2,2-4H3,(H,29,30,31)/b6-5+. The van der Waals surface area contributed by atoms with E-state index in [0.717, 1.165) is 16.8 Å². The predicted molar refractivity (Wildman–Crippen MR) is 135 cm³/mol. The summed E-state index contributed by atoms with van der Waals surface area (Å²) in [6.07, 6.45) is 8.54. The normalized spacial score (nSPS) is 11.4. The third-order valence-electron chi connectivity index (χ3n) is 4.06. The van der Waals surface area contributed by atoms with E-state index in [0.29, 0.717) is 28.0 Å². The second-order valence-corrected chi connectivity index (χ2v) is 8.89. The van der Waals surface area contributed by atoms with Crippen LogP contribution < -0.4 is 15.8 Å². The molecule has 2 heterocycles. The van der Waals surface area contributed by atoms with Gasteiger partial charge in [-0.25, -0.2) is 4.98 Å². The zero-order chi connectivity index (χ0) is 24.0. The minimum atomic E-state index is -0.352. The van der Waals surface area contributed by atoms with Crippen molar-refractivity contribution < 1.29 is 9.47 Å². The molecule has 1 aromatic carbocycles. The van der Waals surface area contributed by atoms with E-state index in [9.17, 15) is 0 Å². The van der Waals surface area contributed by atoms with Gasteiger partial charge in [-0.05, 0) is 62.2 Å². The van der Waals surface area contributed by atoms with E-state index in [1.165, 1.54) is 6.20 Å². The lowest BCUT2D eigenvalue weighted by Crippen LogP contribution is -2.20. The fourth-order valence-electron chi connectivity index (χ4n) is 2.83. The van der Waals surface area contributed by atoms with Gasteiger partial charge in [0.05, 0.1) is 11.9 Å². The van der Waals surface area contributed by atoms with Gasteiger partial charge in [0.2, 0.25) is 5.28 Å². The lowest BCUT2D eigenvalue weighted by atomic mass is 10.1. The van der Waals surface area contributed by atoms with E-state index in [-0.39, 0.29) is 17.5 Å². The van der Waals surface area contributed by atoms with Gasteiger partial charge in [0.15, 0.2) is 5.82 Å². The molecule has 0 radical (unpaired) electrons. The van der Waals surface area contributed by atoms with Crippen molar-refractivity contribution in [3.05, 3.63) is 76.6 Å². The Kier molecular flexibility index (Phi) is 7.79. The summed E-state index contributed by atoms with van der Waals surface area (Å²) in [5.41, 5.74) is 8.44. The number of nitrogens with two attached hydrogens (primary N) is 1. The fourth-order valence-corrected chi connectivity index (χ4v) is 3.10. The third-order valence-corrected chi connectivity index (χ3v) is 4.52. The molecule has 0 aliphatic heterocycles. The van der Waals surface area contributed by atoms with Crippen molar-refractivity contribution >= 4 is 52.5 Å². The van der Waals surface area contributed by atoms with Crippen LogP contribution in [0.15, 0.2) is 55.2 Å². The quantitative estimate of drug-likeness (QED) is 0.282. The SMILES string of the molecule is C=C(COc1ccc(Nc2nc(Cl)ncc2Cl)cc1/C=C/c1cncc(N)c1)OC(C)(C)C. The topological polar surface area (TPSA) is 95.2 Å². The average Bonchev–Trinajstić information content (AvgIpc) is 2.73. The second-order valence-electron chi connectivity index (χ2n) is 8.14. The van der Waals surface area contributed by atoms with Crippen molar-refractivity contribution in [1.82, 2.24) is 15.0 Å². The number of aromatic nitrogens is 3. The number of hydrogen-bond donors (Lipinski definition) is 2. The van der Waals surface area contributed by atoms with Crippen LogP contribution in [0.5, 0.6) is 5.75 Å². The molecule has 0 spiro atoms. The summed E-state index contributed by atoms with van der Waals surface area (Å²) >= 11 is 12.1. The molecule has 3 aromatic rings. The smallest absolute Gasteiger partial charge is 0.224 e. The van der Waals surface area contributed by atoms with Crippen LogP contribution in [0, 0.1) is 0 Å². The Labute approximate surface area is 203 Å². The van der Waals surface area contributed by atoms with Crippen LogP contribution in [0.3, 0.4) is 0 Å². The highest BCUT2D eigenvalue weighted by atomic mass is 35.5. The Morgan fingerprint density at radius 1 is 1.15 bits per heavy atom. The number of halogens is 2. The molecule has 0 aliphatic carbocycles. The van der Waals surface area contributed by atoms with Gasteiger partial charge in [0, 0.05) is 23.6 Å². The van der Waals surface area contributed by atoms with Gasteiger partial charge in [0.25, 0.3) is 0 Å². The first-order valence-corrected chi connectivity index (χ1v) is 10.8. The summed E-state index contributed by atoms with van der Waals surface area (Å²) in [6.45, 7) is 10.0. The minimum absolute atomic E-state index is 0.0912. The van der Waals surface area contributed by atoms with E-state index in [1.807, 2.05) is 57.2 Å². The zero-order valence-corrected chi connectivity index (χ0v) is 20.1. The van der Waals surface area contributed by atoms with Crippen molar-refractivity contribution in [2.75, 3.05) is 17.7 Å². The van der Waals surface area contributed by atoms with Gasteiger partial charge in [0.1, 0.15) is 28.7 Å². The Morgan fingerprint density at radius 3 is 2.67 bits per heavy atom. The summed E-state index contributed by atoms with van der Waals surface area (Å²) in [7, 11) is 0. The maximum atomic E-state index is 6.18. The molecule has 0 aliphatic rings. The molecule has 0 fully saturated rings. The van der Waals surface area contributed by atoms with Crippen molar-refractivity contribution in [3.63, 3.8) is 0 Å². The number of nitrogens with one attached hydrogen (secondary N) is 1. The average molecular weight is 486 g/mol. The molecule has 2 aromatic heterocycles. The molecular weight excluding hydrogens is 461 g/mol. The van der Waals surface area contributed by atoms with Crippen LogP contribution in [-0.2, 0) is 4.74 Å². The molecule has 0 amide bonds. The van der Waals surface area contributed by atoms with Crippen molar-refractivity contribution in [3.8, 4) is 5.75 Å². The van der Waals surface area contributed by atoms with Crippen LogP contribution in [0.2, 0.25) is 10.3 Å². The van der Waals surface area contributed by atoms with Gasteiger partial charge < -0.3 is 20.5 Å². The molecule has 9 heteroatoms. The van der Waals surface area contributed by atoms with Crippen LogP contribution in [0.1, 0.15) is 31.9 Å². The Bertz CT molecular complexity index is 1180. The first-order chi connectivity index (χ1) is 15.6. The molecule has 0 unspecified atom stereocenters. The second kappa shape index (κ2) is 10.6. The van der Waals surface area contributed by atoms with Crippen LogP contribution in [-0.4, -0.2) is 27.2 Å². The number of nitrogens with zero attached hydrogens (tertiary/aromatic N) is 3. The number of hydrogen-bond acceptors (Lipinski definition) is 7. The van der Waals surface area contributed by atoms with Crippen molar-refractivity contribution in [2.24, 2.45) is 0 Å². The Balaban J connectivity index is 1.87. The van der Waals surface area contributed by atoms with Gasteiger partial charge >= 0.3 is 0 Å². The molecule has 0 saturated carbocycles. The number of anilines is 3. The monoisotopic (exact) mass is 485 g/mol. The Hall–Kier alpha value is -3.29. The van der Waals surface area contributed by atoms with Crippen LogP contribution >= 0.6 is 23.2 Å². The van der Waals surface area contributed by atoms with E-state index < -0.39 is 0 Å². The molecule has 3 rings (SSSR count). The predicted octanol–water partition coefficient (Wildman–Crippen LogP) is 6.38. The number of nitrogen functional groups attached to an aromatic ring is 1. The fraction of sp³-hybridized carbons (Fsp3) is 0.208. The van der Waals surface area contributed by atoms with E-state index in [1.54, 1.807) is 12.4 Å². The number of rotatable bonds is 8. The van der Waals surface area contributed by atoms with Gasteiger partial charge in [-0.1, -0.05) is 30.3 Å². The molecule has 0 bridgehead atoms. The molecule has 33 heavy (non-hydrogen) atoms. The van der Waals surface area contributed by atoms with E-state index >= 15 is 0 Å². The Morgan fingerprint density at radius 2 is 1.94 bits per heavy atom. The number of benzene rings is 1.